The minimum atomic E-state index is 0.823. The molecule has 1 aliphatic carbocycles. The van der Waals surface area contributed by atoms with Gasteiger partial charge < -0.3 is 5.32 Å². The molecule has 0 atom stereocenters. The number of hydrogen-bond acceptors (Lipinski definition) is 2. The Morgan fingerprint density at radius 2 is 2.31 bits per heavy atom. The predicted molar refractivity (Wildman–Crippen MR) is 61.4 cm³/mol. The van der Waals surface area contributed by atoms with Crippen LogP contribution in [0.15, 0.2) is 15.9 Å². The minimum Gasteiger partial charge on any atom is -0.314 e. The number of hydrogen-bond donors (Lipinski definition) is 1. The van der Waals surface area contributed by atoms with Gasteiger partial charge in [-0.05, 0) is 47.3 Å². The molecule has 3 heteroatoms. The maximum Gasteiger partial charge on any atom is 0.0701 e. The number of halogens is 1. The molecule has 1 N–H and O–H groups in total. The fourth-order valence-corrected chi connectivity index (χ4v) is 2.98. The number of rotatable bonds is 4. The lowest BCUT2D eigenvalue weighted by Crippen LogP contribution is -2.36. The third-order valence-corrected chi connectivity index (χ3v) is 4.22. The van der Waals surface area contributed by atoms with Gasteiger partial charge in [0.25, 0.3) is 0 Å². The van der Waals surface area contributed by atoms with Gasteiger partial charge in [-0.2, -0.15) is 0 Å². The molecular formula is C10H14BrNS. The Kier molecular flexibility index (Phi) is 3.41. The van der Waals surface area contributed by atoms with E-state index < -0.39 is 0 Å². The van der Waals surface area contributed by atoms with Crippen LogP contribution < -0.4 is 5.32 Å². The van der Waals surface area contributed by atoms with Crippen LogP contribution in [-0.4, -0.2) is 12.6 Å². The molecule has 2 rings (SSSR count). The van der Waals surface area contributed by atoms with Crippen molar-refractivity contribution < 1.29 is 0 Å². The van der Waals surface area contributed by atoms with E-state index in [1.165, 1.54) is 34.3 Å². The van der Waals surface area contributed by atoms with E-state index in [0.717, 1.165) is 12.6 Å². The van der Waals surface area contributed by atoms with Gasteiger partial charge in [-0.25, -0.2) is 0 Å². The van der Waals surface area contributed by atoms with Gasteiger partial charge in [0.2, 0.25) is 0 Å². The topological polar surface area (TPSA) is 12.0 Å². The molecule has 0 unspecified atom stereocenters. The van der Waals surface area contributed by atoms with Gasteiger partial charge in [0.1, 0.15) is 0 Å². The zero-order chi connectivity index (χ0) is 9.10. The van der Waals surface area contributed by atoms with Crippen molar-refractivity contribution in [1.82, 2.24) is 5.32 Å². The molecule has 13 heavy (non-hydrogen) atoms. The molecule has 1 fully saturated rings. The van der Waals surface area contributed by atoms with Crippen LogP contribution in [0, 0.1) is 0 Å². The van der Waals surface area contributed by atoms with E-state index in [0.29, 0.717) is 0 Å². The van der Waals surface area contributed by atoms with Crippen molar-refractivity contribution in [2.45, 2.75) is 31.7 Å². The average Bonchev–Trinajstić information content (AvgIpc) is 2.42. The minimum absolute atomic E-state index is 0.823. The summed E-state index contributed by atoms with van der Waals surface area (Å²) < 4.78 is 1.24. The summed E-state index contributed by atoms with van der Waals surface area (Å²) in [5.41, 5.74) is 0. The van der Waals surface area contributed by atoms with Crippen molar-refractivity contribution in [3.8, 4) is 0 Å². The van der Waals surface area contributed by atoms with Crippen molar-refractivity contribution in [2.24, 2.45) is 0 Å². The van der Waals surface area contributed by atoms with Crippen molar-refractivity contribution >= 4 is 27.3 Å². The zero-order valence-electron chi connectivity index (χ0n) is 7.55. The first-order valence-electron chi connectivity index (χ1n) is 4.82. The highest BCUT2D eigenvalue weighted by Gasteiger charge is 2.15. The van der Waals surface area contributed by atoms with Gasteiger partial charge >= 0.3 is 0 Å². The number of nitrogens with one attached hydrogen (secondary N) is 1. The Labute approximate surface area is 91.7 Å². The van der Waals surface area contributed by atoms with Crippen LogP contribution in [0.25, 0.3) is 0 Å². The molecule has 0 amide bonds. The van der Waals surface area contributed by atoms with Crippen LogP contribution in [0.5, 0.6) is 0 Å². The molecule has 0 aliphatic heterocycles. The number of thiophene rings is 1. The molecule has 1 aliphatic rings. The summed E-state index contributed by atoms with van der Waals surface area (Å²) in [6.07, 6.45) is 5.36. The first-order chi connectivity index (χ1) is 6.34. The van der Waals surface area contributed by atoms with E-state index in [1.54, 1.807) is 0 Å². The van der Waals surface area contributed by atoms with E-state index in [1.807, 2.05) is 11.3 Å². The molecule has 1 aromatic rings. The Bertz CT molecular complexity index is 268. The normalized spacial score (nSPS) is 17.3. The predicted octanol–water partition coefficient (Wildman–Crippen LogP) is 3.20. The largest absolute Gasteiger partial charge is 0.314 e. The van der Waals surface area contributed by atoms with Crippen LogP contribution >= 0.6 is 27.3 Å². The summed E-state index contributed by atoms with van der Waals surface area (Å²) in [7, 11) is 0. The summed E-state index contributed by atoms with van der Waals surface area (Å²) in [6.45, 7) is 1.14. The molecule has 1 nitrogen and oxygen atoms in total. The maximum absolute atomic E-state index is 3.57. The molecular weight excluding hydrogens is 246 g/mol. The van der Waals surface area contributed by atoms with E-state index >= 15 is 0 Å². The Morgan fingerprint density at radius 3 is 2.85 bits per heavy atom. The lowest BCUT2D eigenvalue weighted by Gasteiger charge is -2.26. The van der Waals surface area contributed by atoms with Gasteiger partial charge in [0, 0.05) is 17.5 Å². The highest BCUT2D eigenvalue weighted by Crippen LogP contribution is 2.22. The van der Waals surface area contributed by atoms with Crippen molar-refractivity contribution in [1.29, 1.82) is 0 Å². The lowest BCUT2D eigenvalue weighted by molar-refractivity contribution is 0.342. The Morgan fingerprint density at radius 1 is 1.46 bits per heavy atom. The highest BCUT2D eigenvalue weighted by atomic mass is 79.9. The van der Waals surface area contributed by atoms with Crippen LogP contribution in [-0.2, 0) is 6.42 Å². The standard InChI is InChI=1S/C10H14BrNS/c11-10-5-4-9(13-10)6-7-12-8-2-1-3-8/h4-5,8,12H,1-3,6-7H2. The second-order valence-electron chi connectivity index (χ2n) is 3.54. The van der Waals surface area contributed by atoms with Gasteiger partial charge in [0.05, 0.1) is 3.79 Å². The van der Waals surface area contributed by atoms with Gasteiger partial charge in [-0.1, -0.05) is 6.42 Å². The molecule has 1 saturated carbocycles. The van der Waals surface area contributed by atoms with Crippen molar-refractivity contribution in [3.63, 3.8) is 0 Å². The summed E-state index contributed by atoms with van der Waals surface area (Å²) in [6, 6.07) is 5.16. The third kappa shape index (κ3) is 2.79. The first-order valence-corrected chi connectivity index (χ1v) is 6.43. The fraction of sp³-hybridized carbons (Fsp3) is 0.600. The molecule has 0 spiro atoms. The van der Waals surface area contributed by atoms with Crippen LogP contribution in [0.3, 0.4) is 0 Å². The summed E-state index contributed by atoms with van der Waals surface area (Å²) in [5, 5.41) is 3.57. The van der Waals surface area contributed by atoms with Gasteiger partial charge in [-0.15, -0.1) is 11.3 Å². The highest BCUT2D eigenvalue weighted by molar-refractivity contribution is 9.11. The molecule has 0 radical (unpaired) electrons. The second-order valence-corrected chi connectivity index (χ2v) is 6.09. The second kappa shape index (κ2) is 4.58. The molecule has 0 saturated heterocycles. The Hall–Kier alpha value is 0.140. The average molecular weight is 260 g/mol. The molecule has 0 bridgehead atoms. The molecule has 72 valence electrons. The summed E-state index contributed by atoms with van der Waals surface area (Å²) >= 11 is 5.32. The molecule has 1 heterocycles. The van der Waals surface area contributed by atoms with Gasteiger partial charge in [-0.3, -0.25) is 0 Å². The van der Waals surface area contributed by atoms with E-state index in [9.17, 15) is 0 Å². The summed E-state index contributed by atoms with van der Waals surface area (Å²) in [5.74, 6) is 0. The van der Waals surface area contributed by atoms with E-state index in [4.69, 9.17) is 0 Å². The maximum atomic E-state index is 3.57. The SMILES string of the molecule is Brc1ccc(CCNC2CCC2)s1. The lowest BCUT2D eigenvalue weighted by atomic mass is 9.93. The van der Waals surface area contributed by atoms with E-state index in [2.05, 4.69) is 33.4 Å². The van der Waals surface area contributed by atoms with Gasteiger partial charge in [0.15, 0.2) is 0 Å². The fourth-order valence-electron chi connectivity index (χ4n) is 1.50. The van der Waals surface area contributed by atoms with Crippen LogP contribution in [0.1, 0.15) is 24.1 Å². The third-order valence-electron chi connectivity index (χ3n) is 2.54. The smallest absolute Gasteiger partial charge is 0.0701 e. The Balaban J connectivity index is 1.67. The van der Waals surface area contributed by atoms with Crippen molar-refractivity contribution in [3.05, 3.63) is 20.8 Å². The molecule has 1 aromatic heterocycles. The molecule has 0 aromatic carbocycles. The first kappa shape index (κ1) is 9.69. The summed E-state index contributed by atoms with van der Waals surface area (Å²) in [4.78, 5) is 1.47. The van der Waals surface area contributed by atoms with Crippen LogP contribution in [0.4, 0.5) is 0 Å². The quantitative estimate of drug-likeness (QED) is 0.876. The monoisotopic (exact) mass is 259 g/mol. The van der Waals surface area contributed by atoms with Crippen LogP contribution in [0.2, 0.25) is 0 Å². The van der Waals surface area contributed by atoms with E-state index in [-0.39, 0.29) is 0 Å². The zero-order valence-corrected chi connectivity index (χ0v) is 9.96. The van der Waals surface area contributed by atoms with Crippen molar-refractivity contribution in [2.75, 3.05) is 6.54 Å².